The van der Waals surface area contributed by atoms with Crippen LogP contribution in [-0.2, 0) is 10.0 Å². The molecular formula is C16H22N4O2S. The van der Waals surface area contributed by atoms with E-state index in [1.54, 1.807) is 30.5 Å². The molecule has 1 unspecified atom stereocenters. The van der Waals surface area contributed by atoms with Gasteiger partial charge in [0.05, 0.1) is 4.90 Å². The minimum Gasteiger partial charge on any atom is -0.301 e. The Morgan fingerprint density at radius 3 is 2.83 bits per heavy atom. The summed E-state index contributed by atoms with van der Waals surface area (Å²) in [6, 6.07) is 10.5. The van der Waals surface area contributed by atoms with Crippen molar-refractivity contribution in [3.8, 4) is 0 Å². The summed E-state index contributed by atoms with van der Waals surface area (Å²) in [7, 11) is -3.41. The molecule has 1 aromatic heterocycles. The number of likely N-dealkylation sites (tertiary alicyclic amines) is 1. The Balaban J connectivity index is 1.51. The van der Waals surface area contributed by atoms with Gasteiger partial charge in [-0.1, -0.05) is 18.2 Å². The average Bonchev–Trinajstić information content (AvgIpc) is 3.10. The topological polar surface area (TPSA) is 78.1 Å². The highest BCUT2D eigenvalue weighted by molar-refractivity contribution is 7.89. The third kappa shape index (κ3) is 4.19. The zero-order valence-corrected chi connectivity index (χ0v) is 13.8. The van der Waals surface area contributed by atoms with Crippen LogP contribution in [0.2, 0.25) is 0 Å². The van der Waals surface area contributed by atoms with Gasteiger partial charge in [0.1, 0.15) is 0 Å². The smallest absolute Gasteiger partial charge is 0.240 e. The fourth-order valence-electron chi connectivity index (χ4n) is 3.03. The monoisotopic (exact) mass is 334 g/mol. The number of sulfonamides is 1. The number of hydrogen-bond donors (Lipinski definition) is 2. The number of nitrogens with one attached hydrogen (secondary N) is 2. The van der Waals surface area contributed by atoms with E-state index < -0.39 is 10.0 Å². The summed E-state index contributed by atoms with van der Waals surface area (Å²) < 4.78 is 27.0. The maximum atomic E-state index is 12.2. The number of aromatic nitrogens is 2. The van der Waals surface area contributed by atoms with Crippen LogP contribution in [0, 0.1) is 0 Å². The van der Waals surface area contributed by atoms with Crippen LogP contribution in [0.1, 0.15) is 24.5 Å². The van der Waals surface area contributed by atoms with E-state index in [2.05, 4.69) is 19.8 Å². The second-order valence-corrected chi connectivity index (χ2v) is 7.63. The lowest BCUT2D eigenvalue weighted by atomic mass is 9.95. The fourth-order valence-corrected chi connectivity index (χ4v) is 4.07. The third-order valence-electron chi connectivity index (χ3n) is 4.24. The first-order chi connectivity index (χ1) is 11.1. The molecule has 6 nitrogen and oxygen atoms in total. The number of H-pyrrole nitrogens is 1. The van der Waals surface area contributed by atoms with Crippen LogP contribution in [0.5, 0.6) is 0 Å². The summed E-state index contributed by atoms with van der Waals surface area (Å²) in [5.74, 6) is 0.456. The van der Waals surface area contributed by atoms with Crippen LogP contribution < -0.4 is 4.72 Å². The summed E-state index contributed by atoms with van der Waals surface area (Å²) in [6.45, 7) is 3.09. The van der Waals surface area contributed by atoms with Crippen molar-refractivity contribution in [3.63, 3.8) is 0 Å². The third-order valence-corrected chi connectivity index (χ3v) is 5.72. The molecule has 0 radical (unpaired) electrons. The van der Waals surface area contributed by atoms with Gasteiger partial charge in [-0.25, -0.2) is 13.1 Å². The minimum atomic E-state index is -3.41. The molecule has 1 atom stereocenters. The predicted molar refractivity (Wildman–Crippen MR) is 88.6 cm³/mol. The van der Waals surface area contributed by atoms with Gasteiger partial charge in [0, 0.05) is 37.4 Å². The molecule has 124 valence electrons. The molecule has 0 spiro atoms. The molecule has 1 saturated heterocycles. The van der Waals surface area contributed by atoms with Crippen LogP contribution in [0.3, 0.4) is 0 Å². The van der Waals surface area contributed by atoms with E-state index in [1.807, 2.05) is 12.1 Å². The number of piperidine rings is 1. The standard InChI is InChI=1S/C16H22N4O2S/c21-23(22,15-6-2-1-3-7-15)18-10-12-20-11-4-5-14(13-20)16-8-9-17-19-16/h1-3,6-9,14,18H,4-5,10-13H2,(H,17,19). The number of hydrogen-bond acceptors (Lipinski definition) is 4. The van der Waals surface area contributed by atoms with E-state index in [0.717, 1.165) is 32.5 Å². The molecular weight excluding hydrogens is 312 g/mol. The molecule has 1 fully saturated rings. The number of rotatable bonds is 6. The van der Waals surface area contributed by atoms with Gasteiger partial charge in [-0.3, -0.25) is 5.10 Å². The summed E-state index contributed by atoms with van der Waals surface area (Å²) in [4.78, 5) is 2.62. The molecule has 7 heteroatoms. The first-order valence-electron chi connectivity index (χ1n) is 7.91. The Hall–Kier alpha value is -1.70. The van der Waals surface area contributed by atoms with Gasteiger partial charge >= 0.3 is 0 Å². The zero-order chi connectivity index (χ0) is 16.1. The van der Waals surface area contributed by atoms with E-state index in [9.17, 15) is 8.42 Å². The average molecular weight is 334 g/mol. The van der Waals surface area contributed by atoms with E-state index in [1.165, 1.54) is 5.69 Å². The Bertz CT molecular complexity index is 701. The van der Waals surface area contributed by atoms with Gasteiger partial charge in [0.25, 0.3) is 0 Å². The highest BCUT2D eigenvalue weighted by Crippen LogP contribution is 2.24. The normalized spacial score (nSPS) is 19.7. The van der Waals surface area contributed by atoms with Crippen LogP contribution in [0.25, 0.3) is 0 Å². The van der Waals surface area contributed by atoms with Crippen molar-refractivity contribution in [2.75, 3.05) is 26.2 Å². The first-order valence-corrected chi connectivity index (χ1v) is 9.40. The first kappa shape index (κ1) is 16.2. The van der Waals surface area contributed by atoms with Crippen LogP contribution in [0.15, 0.2) is 47.5 Å². The Labute approximate surface area is 137 Å². The van der Waals surface area contributed by atoms with Crippen LogP contribution in [-0.4, -0.2) is 49.7 Å². The maximum absolute atomic E-state index is 12.2. The minimum absolute atomic E-state index is 0.314. The van der Waals surface area contributed by atoms with Crippen molar-refractivity contribution >= 4 is 10.0 Å². The lowest BCUT2D eigenvalue weighted by Gasteiger charge is -2.32. The Morgan fingerprint density at radius 1 is 1.26 bits per heavy atom. The molecule has 0 aliphatic carbocycles. The van der Waals surface area contributed by atoms with Gasteiger partial charge < -0.3 is 4.90 Å². The van der Waals surface area contributed by atoms with Gasteiger partial charge in [0.15, 0.2) is 0 Å². The van der Waals surface area contributed by atoms with Crippen molar-refractivity contribution in [3.05, 3.63) is 48.3 Å². The van der Waals surface area contributed by atoms with Crippen molar-refractivity contribution in [2.45, 2.75) is 23.7 Å². The number of nitrogens with zero attached hydrogens (tertiary/aromatic N) is 2. The van der Waals surface area contributed by atoms with Crippen molar-refractivity contribution < 1.29 is 8.42 Å². The molecule has 0 bridgehead atoms. The van der Waals surface area contributed by atoms with E-state index in [4.69, 9.17) is 0 Å². The SMILES string of the molecule is O=S(=O)(NCCN1CCCC(c2ccn[nH]2)C1)c1ccccc1. The summed E-state index contributed by atoms with van der Waals surface area (Å²) in [5, 5.41) is 7.06. The zero-order valence-electron chi connectivity index (χ0n) is 13.0. The van der Waals surface area contributed by atoms with E-state index >= 15 is 0 Å². The summed E-state index contributed by atoms with van der Waals surface area (Å²) >= 11 is 0. The summed E-state index contributed by atoms with van der Waals surface area (Å²) in [6.07, 6.45) is 4.05. The molecule has 3 rings (SSSR count). The molecule has 0 saturated carbocycles. The Kier molecular flexibility index (Phi) is 5.09. The highest BCUT2D eigenvalue weighted by atomic mass is 32.2. The Morgan fingerprint density at radius 2 is 2.09 bits per heavy atom. The van der Waals surface area contributed by atoms with E-state index in [0.29, 0.717) is 17.4 Å². The van der Waals surface area contributed by atoms with Crippen molar-refractivity contribution in [1.82, 2.24) is 19.8 Å². The van der Waals surface area contributed by atoms with Crippen LogP contribution in [0.4, 0.5) is 0 Å². The molecule has 2 heterocycles. The van der Waals surface area contributed by atoms with Gasteiger partial charge in [0.2, 0.25) is 10.0 Å². The molecule has 23 heavy (non-hydrogen) atoms. The molecule has 1 aromatic carbocycles. The van der Waals surface area contributed by atoms with Gasteiger partial charge in [-0.2, -0.15) is 5.10 Å². The predicted octanol–water partition coefficient (Wildman–Crippen LogP) is 1.57. The van der Waals surface area contributed by atoms with Crippen molar-refractivity contribution in [2.24, 2.45) is 0 Å². The molecule has 2 aromatic rings. The molecule has 1 aliphatic rings. The largest absolute Gasteiger partial charge is 0.301 e. The quantitative estimate of drug-likeness (QED) is 0.840. The van der Waals surface area contributed by atoms with E-state index in [-0.39, 0.29) is 0 Å². The van der Waals surface area contributed by atoms with Gasteiger partial charge in [-0.15, -0.1) is 0 Å². The second-order valence-electron chi connectivity index (χ2n) is 5.86. The number of benzene rings is 1. The second kappa shape index (κ2) is 7.25. The fraction of sp³-hybridized carbons (Fsp3) is 0.438. The summed E-state index contributed by atoms with van der Waals surface area (Å²) in [5.41, 5.74) is 1.17. The molecule has 1 aliphatic heterocycles. The molecule has 2 N–H and O–H groups in total. The highest BCUT2D eigenvalue weighted by Gasteiger charge is 2.22. The van der Waals surface area contributed by atoms with Gasteiger partial charge in [-0.05, 0) is 37.6 Å². The number of aromatic amines is 1. The lowest BCUT2D eigenvalue weighted by Crippen LogP contribution is -2.40. The van der Waals surface area contributed by atoms with Crippen LogP contribution >= 0.6 is 0 Å². The maximum Gasteiger partial charge on any atom is 0.240 e. The lowest BCUT2D eigenvalue weighted by molar-refractivity contribution is 0.209. The molecule has 0 amide bonds. The van der Waals surface area contributed by atoms with Crippen molar-refractivity contribution in [1.29, 1.82) is 0 Å².